The summed E-state index contributed by atoms with van der Waals surface area (Å²) in [4.78, 5) is 13.1. The Hall–Kier alpha value is -2.57. The molecule has 33 heavy (non-hydrogen) atoms. The third-order valence-electron chi connectivity index (χ3n) is 6.03. The van der Waals surface area contributed by atoms with Crippen LogP contribution >= 0.6 is 6.89 Å². The van der Waals surface area contributed by atoms with Crippen LogP contribution in [0.1, 0.15) is 58.3 Å². The van der Waals surface area contributed by atoms with Gasteiger partial charge in [-0.15, -0.1) is 0 Å². The number of benzene rings is 3. The molecule has 0 amide bonds. The maximum atomic E-state index is 13.1. The molecule has 0 spiro atoms. The fourth-order valence-corrected chi connectivity index (χ4v) is 7.92. The van der Waals surface area contributed by atoms with Crippen molar-refractivity contribution in [1.29, 1.82) is 0 Å². The van der Waals surface area contributed by atoms with Gasteiger partial charge in [0.05, 0.1) is 6.61 Å². The summed E-state index contributed by atoms with van der Waals surface area (Å²) in [7, 11) is 0. The molecule has 0 saturated carbocycles. The van der Waals surface area contributed by atoms with Crippen LogP contribution in [0.4, 0.5) is 0 Å². The van der Waals surface area contributed by atoms with Crippen molar-refractivity contribution in [3.8, 4) is 0 Å². The molecule has 0 fully saturated rings. The molecule has 0 saturated heterocycles. The predicted molar refractivity (Wildman–Crippen MR) is 145 cm³/mol. The molecule has 3 aromatic carbocycles. The van der Waals surface area contributed by atoms with E-state index in [4.69, 9.17) is 4.74 Å². The number of carbonyl (C=O) groups excluding carboxylic acids is 1. The summed E-state index contributed by atoms with van der Waals surface area (Å²) in [6.07, 6.45) is 9.83. The molecule has 3 aromatic rings. The van der Waals surface area contributed by atoms with Crippen molar-refractivity contribution in [1.82, 2.24) is 0 Å². The molecule has 2 nitrogen and oxygen atoms in total. The van der Waals surface area contributed by atoms with Gasteiger partial charge in [-0.25, -0.2) is 4.79 Å². The van der Waals surface area contributed by atoms with Crippen LogP contribution in [0.3, 0.4) is 0 Å². The van der Waals surface area contributed by atoms with E-state index in [-0.39, 0.29) is 5.97 Å². The second kappa shape index (κ2) is 13.9. The lowest BCUT2D eigenvalue weighted by Crippen LogP contribution is -2.29. The van der Waals surface area contributed by atoms with Gasteiger partial charge in [-0.1, -0.05) is 143 Å². The van der Waals surface area contributed by atoms with Gasteiger partial charge in [0.15, 0.2) is 0 Å². The molecule has 0 atom stereocenters. The molecular formula is C30H37O2P. The Morgan fingerprint density at radius 3 is 1.45 bits per heavy atom. The van der Waals surface area contributed by atoms with Crippen molar-refractivity contribution < 1.29 is 9.53 Å². The van der Waals surface area contributed by atoms with Crippen LogP contribution < -0.4 is 15.9 Å². The summed E-state index contributed by atoms with van der Waals surface area (Å²) < 4.78 is 5.74. The molecule has 0 heterocycles. The minimum Gasteiger partial charge on any atom is -0.462 e. The largest absolute Gasteiger partial charge is 0.462 e. The Morgan fingerprint density at radius 1 is 0.636 bits per heavy atom. The zero-order valence-electron chi connectivity index (χ0n) is 19.9. The highest BCUT2D eigenvalue weighted by atomic mass is 31.2. The van der Waals surface area contributed by atoms with Gasteiger partial charge >= 0.3 is 5.97 Å². The molecule has 0 unspecified atom stereocenters. The maximum absolute atomic E-state index is 13.1. The van der Waals surface area contributed by atoms with E-state index in [0.717, 1.165) is 28.8 Å². The topological polar surface area (TPSA) is 26.3 Å². The summed E-state index contributed by atoms with van der Waals surface area (Å²) in [5.41, 5.74) is 0. The maximum Gasteiger partial charge on any atom is 0.331 e. The minimum atomic E-state index is -2.29. The molecule has 0 aromatic heterocycles. The van der Waals surface area contributed by atoms with E-state index >= 15 is 0 Å². The summed E-state index contributed by atoms with van der Waals surface area (Å²) in [5.74, 6) is 1.65. The zero-order chi connectivity index (χ0) is 23.2. The van der Waals surface area contributed by atoms with E-state index < -0.39 is 6.89 Å². The van der Waals surface area contributed by atoms with Gasteiger partial charge < -0.3 is 4.74 Å². The fraction of sp³-hybridized carbons (Fsp3) is 0.333. The Kier molecular flexibility index (Phi) is 10.5. The van der Waals surface area contributed by atoms with Crippen LogP contribution in [0.15, 0.2) is 91.0 Å². The quantitative estimate of drug-likeness (QED) is 0.166. The molecular weight excluding hydrogens is 423 g/mol. The predicted octanol–water partition coefficient (Wildman–Crippen LogP) is 6.47. The molecule has 0 N–H and O–H groups in total. The van der Waals surface area contributed by atoms with E-state index in [2.05, 4.69) is 79.7 Å². The Labute approximate surface area is 200 Å². The summed E-state index contributed by atoms with van der Waals surface area (Å²) >= 11 is 0. The van der Waals surface area contributed by atoms with Crippen molar-refractivity contribution in [2.45, 2.75) is 58.3 Å². The lowest BCUT2D eigenvalue weighted by molar-refractivity contribution is -0.134. The number of esters is 1. The monoisotopic (exact) mass is 460 g/mol. The van der Waals surface area contributed by atoms with Gasteiger partial charge in [0, 0.05) is 5.80 Å². The molecule has 0 aliphatic carbocycles. The molecule has 3 rings (SSSR count). The van der Waals surface area contributed by atoms with Crippen molar-refractivity contribution in [3.05, 3.63) is 91.0 Å². The van der Waals surface area contributed by atoms with Crippen LogP contribution in [0.2, 0.25) is 0 Å². The highest BCUT2D eigenvalue weighted by Crippen LogP contribution is 2.43. The Bertz CT molecular complexity index is 894. The molecule has 3 heteroatoms. The number of unbranched alkanes of at least 4 members (excludes halogenated alkanes) is 7. The van der Waals surface area contributed by atoms with Gasteiger partial charge in [-0.3, -0.25) is 0 Å². The lowest BCUT2D eigenvalue weighted by atomic mass is 10.1. The molecule has 0 bridgehead atoms. The minimum absolute atomic E-state index is 0.220. The van der Waals surface area contributed by atoms with E-state index in [9.17, 15) is 4.79 Å². The average Bonchev–Trinajstić information content (AvgIpc) is 2.88. The molecule has 0 aliphatic rings. The third kappa shape index (κ3) is 7.21. The van der Waals surface area contributed by atoms with Gasteiger partial charge in [-0.05, 0) is 29.2 Å². The average molecular weight is 461 g/mol. The van der Waals surface area contributed by atoms with Crippen LogP contribution in [-0.4, -0.2) is 18.4 Å². The third-order valence-corrected chi connectivity index (χ3v) is 9.97. The van der Waals surface area contributed by atoms with E-state index in [1.54, 1.807) is 0 Å². The fourth-order valence-electron chi connectivity index (χ4n) is 4.26. The Balaban J connectivity index is 1.79. The second-order valence-electron chi connectivity index (χ2n) is 8.50. The van der Waals surface area contributed by atoms with Crippen molar-refractivity contribution in [3.63, 3.8) is 0 Å². The van der Waals surface area contributed by atoms with Crippen LogP contribution in [-0.2, 0) is 9.53 Å². The number of hydrogen-bond acceptors (Lipinski definition) is 2. The highest BCUT2D eigenvalue weighted by molar-refractivity contribution is 7.95. The van der Waals surface area contributed by atoms with Crippen molar-refractivity contribution in [2.75, 3.05) is 6.61 Å². The van der Waals surface area contributed by atoms with Crippen molar-refractivity contribution >= 4 is 34.6 Å². The Morgan fingerprint density at radius 2 is 1.03 bits per heavy atom. The molecule has 0 aliphatic heterocycles. The van der Waals surface area contributed by atoms with Gasteiger partial charge in [0.2, 0.25) is 0 Å². The van der Waals surface area contributed by atoms with Gasteiger partial charge in [0.25, 0.3) is 0 Å². The normalized spacial score (nSPS) is 11.2. The zero-order valence-corrected chi connectivity index (χ0v) is 20.8. The lowest BCUT2D eigenvalue weighted by Gasteiger charge is -2.28. The van der Waals surface area contributed by atoms with Crippen LogP contribution in [0.25, 0.3) is 0 Å². The number of hydrogen-bond donors (Lipinski definition) is 0. The first kappa shape index (κ1) is 25.1. The first-order valence-electron chi connectivity index (χ1n) is 12.4. The van der Waals surface area contributed by atoms with Crippen LogP contribution in [0, 0.1) is 0 Å². The number of ether oxygens (including phenoxy) is 1. The summed E-state index contributed by atoms with van der Waals surface area (Å²) in [6, 6.07) is 31.2. The molecule has 174 valence electrons. The van der Waals surface area contributed by atoms with E-state index in [0.29, 0.717) is 6.61 Å². The summed E-state index contributed by atoms with van der Waals surface area (Å²) in [6.45, 7) is 0.448. The first-order chi connectivity index (χ1) is 16.3. The number of rotatable bonds is 13. The van der Waals surface area contributed by atoms with Crippen molar-refractivity contribution in [2.24, 2.45) is 0 Å². The first-order valence-corrected chi connectivity index (χ1v) is 14.2. The SMILES string of the molecule is CCCCCCCCCCOC(=O)C=P(c1ccccc1)(c1ccccc1)c1ccccc1. The van der Waals surface area contributed by atoms with Crippen LogP contribution in [0.5, 0.6) is 0 Å². The second-order valence-corrected chi connectivity index (χ2v) is 11.8. The van der Waals surface area contributed by atoms with E-state index in [1.165, 1.54) is 38.5 Å². The molecule has 0 radical (unpaired) electrons. The highest BCUT2D eigenvalue weighted by Gasteiger charge is 2.26. The number of carbonyl (C=O) groups is 1. The van der Waals surface area contributed by atoms with E-state index in [1.807, 2.05) is 24.0 Å². The smallest absolute Gasteiger partial charge is 0.331 e. The standard InChI is InChI=1S/C30H37O2P/c1-2-3-4-5-6-7-8-18-25-32-30(31)26-33(27-19-12-9-13-20-27,28-21-14-10-15-22-28)29-23-16-11-17-24-29/h9-17,19-24,26H,2-8,18,25H2,1H3. The van der Waals surface area contributed by atoms with Gasteiger partial charge in [0.1, 0.15) is 0 Å². The summed E-state index contributed by atoms with van der Waals surface area (Å²) in [5, 5.41) is 3.48. The van der Waals surface area contributed by atoms with Gasteiger partial charge in [-0.2, -0.15) is 0 Å².